The lowest BCUT2D eigenvalue weighted by Gasteiger charge is -2.38. The molecule has 0 radical (unpaired) electrons. The lowest BCUT2D eigenvalue weighted by Crippen LogP contribution is -2.43. The second kappa shape index (κ2) is 14.4. The molecule has 1 N–H and O–H groups in total. The zero-order chi connectivity index (χ0) is 31.9. The molecule has 2 fully saturated rings. The number of aromatic hydroxyl groups is 1. The fourth-order valence-electron chi connectivity index (χ4n) is 5.23. The van der Waals surface area contributed by atoms with Gasteiger partial charge in [0.05, 0.1) is 24.2 Å². The molecule has 4 aromatic rings. The van der Waals surface area contributed by atoms with Crippen LogP contribution in [0.2, 0.25) is 0 Å². The molecule has 9 nitrogen and oxygen atoms in total. The van der Waals surface area contributed by atoms with Crippen molar-refractivity contribution >= 4 is 57.3 Å². The molecule has 234 valence electrons. The predicted molar refractivity (Wildman–Crippen MR) is 174 cm³/mol. The highest BCUT2D eigenvalue weighted by Crippen LogP contribution is 2.51. The van der Waals surface area contributed by atoms with Crippen LogP contribution < -0.4 is 4.74 Å². The van der Waals surface area contributed by atoms with E-state index in [2.05, 4.69) is 9.97 Å². The van der Waals surface area contributed by atoms with Crippen molar-refractivity contribution in [1.82, 2.24) is 9.97 Å². The third-order valence-corrected chi connectivity index (χ3v) is 11.0. The number of phenolic OH excluding ortho intramolecular Hbond substituents is 1. The fraction of sp³-hybridized carbons (Fsp3) is 0.382. The third-order valence-electron chi connectivity index (χ3n) is 7.89. The summed E-state index contributed by atoms with van der Waals surface area (Å²) in [6.07, 6.45) is 8.87. The summed E-state index contributed by atoms with van der Waals surface area (Å²) in [6, 6.07) is 16.4. The first-order valence-corrected chi connectivity index (χ1v) is 16.6. The van der Waals surface area contributed by atoms with E-state index in [9.17, 15) is 14.7 Å². The quantitative estimate of drug-likeness (QED) is 0.175. The van der Waals surface area contributed by atoms with Gasteiger partial charge in [-0.2, -0.15) is 5.26 Å². The number of carbonyl (C=O) groups excluding carboxylic acids is 2. The number of fused-ring (bicyclic) bond motifs is 2. The number of hydrogen-bond donors (Lipinski definition) is 1. The lowest BCUT2D eigenvalue weighted by molar-refractivity contribution is -0.149. The van der Waals surface area contributed by atoms with E-state index in [1.165, 1.54) is 11.8 Å². The van der Waals surface area contributed by atoms with Crippen LogP contribution in [0.5, 0.6) is 11.5 Å². The molecule has 11 heteroatoms. The standard InChI is InChI=1S/C18H18N2O3S.C16H17NO3S/c1-2-22-17(21)18(7-3-8-18)24-16-6-10-20-15-5-4-13(12-14(15)16)23-11-9-19;1-2-20-15(19)16(7-3-8-16)21-14-6-9-17-13-5-4-11(18)10-12(13)14/h4-6,10,12H,2-3,7-8,11H2,1H3;4-6,9-10,18H,2-3,7-8H2,1H3. The van der Waals surface area contributed by atoms with Crippen molar-refractivity contribution in [2.75, 3.05) is 19.8 Å². The summed E-state index contributed by atoms with van der Waals surface area (Å²) in [4.78, 5) is 35.2. The zero-order valence-electron chi connectivity index (χ0n) is 25.3. The maximum absolute atomic E-state index is 12.4. The van der Waals surface area contributed by atoms with Crippen molar-refractivity contribution in [2.45, 2.75) is 71.7 Å². The summed E-state index contributed by atoms with van der Waals surface area (Å²) in [5.74, 6) is 0.559. The first-order valence-electron chi connectivity index (χ1n) is 15.0. The van der Waals surface area contributed by atoms with Crippen LogP contribution >= 0.6 is 23.5 Å². The van der Waals surface area contributed by atoms with E-state index >= 15 is 0 Å². The van der Waals surface area contributed by atoms with Crippen molar-refractivity contribution in [2.24, 2.45) is 0 Å². The van der Waals surface area contributed by atoms with Crippen LogP contribution in [-0.2, 0) is 19.1 Å². The Labute approximate surface area is 270 Å². The minimum Gasteiger partial charge on any atom is -0.508 e. The molecule has 6 rings (SSSR count). The van der Waals surface area contributed by atoms with Crippen LogP contribution in [0, 0.1) is 11.3 Å². The predicted octanol–water partition coefficient (Wildman–Crippen LogP) is 7.23. The number of esters is 2. The molecule has 0 spiro atoms. The number of pyridine rings is 2. The Morgan fingerprint density at radius 3 is 1.80 bits per heavy atom. The molecule has 0 unspecified atom stereocenters. The van der Waals surface area contributed by atoms with Crippen LogP contribution in [-0.4, -0.2) is 56.3 Å². The highest BCUT2D eigenvalue weighted by molar-refractivity contribution is 8.02. The maximum Gasteiger partial charge on any atom is 0.322 e. The topological polar surface area (TPSA) is 132 Å². The molecule has 0 bridgehead atoms. The molecular weight excluding hydrogens is 611 g/mol. The van der Waals surface area contributed by atoms with Gasteiger partial charge in [-0.25, -0.2) is 0 Å². The number of rotatable bonds is 10. The molecule has 0 amide bonds. The molecule has 2 aliphatic carbocycles. The van der Waals surface area contributed by atoms with Crippen LogP contribution in [0.25, 0.3) is 21.8 Å². The minimum absolute atomic E-state index is 0.00100. The number of thioether (sulfide) groups is 2. The number of phenols is 1. The highest BCUT2D eigenvalue weighted by Gasteiger charge is 2.47. The van der Waals surface area contributed by atoms with E-state index < -0.39 is 9.49 Å². The van der Waals surface area contributed by atoms with E-state index in [1.54, 1.807) is 48.4 Å². The van der Waals surface area contributed by atoms with Crippen molar-refractivity contribution in [3.8, 4) is 17.6 Å². The van der Waals surface area contributed by atoms with Crippen molar-refractivity contribution in [3.05, 3.63) is 60.9 Å². The van der Waals surface area contributed by atoms with Gasteiger partial charge in [0.2, 0.25) is 0 Å². The van der Waals surface area contributed by atoms with Gasteiger partial charge in [-0.3, -0.25) is 19.6 Å². The van der Waals surface area contributed by atoms with Crippen LogP contribution in [0.1, 0.15) is 52.4 Å². The van der Waals surface area contributed by atoms with Gasteiger partial charge in [0.15, 0.2) is 6.61 Å². The minimum atomic E-state index is -0.492. The van der Waals surface area contributed by atoms with Crippen LogP contribution in [0.3, 0.4) is 0 Å². The monoisotopic (exact) mass is 645 g/mol. The lowest BCUT2D eigenvalue weighted by atomic mass is 9.84. The van der Waals surface area contributed by atoms with Crippen molar-refractivity contribution < 1.29 is 28.9 Å². The first kappa shape index (κ1) is 32.4. The Morgan fingerprint density at radius 1 is 0.822 bits per heavy atom. The van der Waals surface area contributed by atoms with Gasteiger partial charge in [-0.05, 0) is 101 Å². The number of hydrogen-bond acceptors (Lipinski definition) is 11. The molecule has 0 saturated heterocycles. The van der Waals surface area contributed by atoms with E-state index in [4.69, 9.17) is 19.5 Å². The Balaban J connectivity index is 0.000000179. The summed E-state index contributed by atoms with van der Waals surface area (Å²) in [5, 5.41) is 20.1. The largest absolute Gasteiger partial charge is 0.508 e. The van der Waals surface area contributed by atoms with Crippen molar-refractivity contribution in [3.63, 3.8) is 0 Å². The molecule has 2 aromatic carbocycles. The molecule has 2 saturated carbocycles. The Morgan fingerprint density at radius 2 is 1.33 bits per heavy atom. The molecule has 2 aliphatic rings. The van der Waals surface area contributed by atoms with Gasteiger partial charge < -0.3 is 19.3 Å². The van der Waals surface area contributed by atoms with Gasteiger partial charge in [0, 0.05) is 33.0 Å². The third kappa shape index (κ3) is 7.13. The Hall–Kier alpha value is -4.01. The maximum atomic E-state index is 12.4. The van der Waals surface area contributed by atoms with Crippen molar-refractivity contribution in [1.29, 1.82) is 5.26 Å². The number of ether oxygens (including phenoxy) is 3. The second-order valence-electron chi connectivity index (χ2n) is 10.8. The van der Waals surface area contributed by atoms with Gasteiger partial charge >= 0.3 is 11.9 Å². The summed E-state index contributed by atoms with van der Waals surface area (Å²) < 4.78 is 14.9. The number of benzene rings is 2. The summed E-state index contributed by atoms with van der Waals surface area (Å²) in [7, 11) is 0. The molecule has 0 atom stereocenters. The van der Waals surface area contributed by atoms with E-state index in [-0.39, 0.29) is 24.3 Å². The Bertz CT molecular complexity index is 1730. The summed E-state index contributed by atoms with van der Waals surface area (Å²) in [6.45, 7) is 4.45. The molecule has 45 heavy (non-hydrogen) atoms. The number of carbonyl (C=O) groups is 2. The molecule has 0 aliphatic heterocycles. The first-order chi connectivity index (χ1) is 21.8. The van der Waals surface area contributed by atoms with Crippen LogP contribution in [0.15, 0.2) is 70.7 Å². The summed E-state index contributed by atoms with van der Waals surface area (Å²) in [5.41, 5.74) is 1.65. The van der Waals surface area contributed by atoms with Gasteiger partial charge in [0.1, 0.15) is 27.1 Å². The zero-order valence-corrected chi connectivity index (χ0v) is 26.9. The van der Waals surface area contributed by atoms with E-state index in [0.717, 1.165) is 70.1 Å². The fourth-order valence-corrected chi connectivity index (χ4v) is 8.15. The van der Waals surface area contributed by atoms with E-state index in [1.807, 2.05) is 44.2 Å². The number of nitriles is 1. The van der Waals surface area contributed by atoms with Gasteiger partial charge in [-0.1, -0.05) is 0 Å². The normalized spacial score (nSPS) is 15.8. The molecular formula is C34H35N3O6S2. The molecule has 2 aromatic heterocycles. The van der Waals surface area contributed by atoms with Crippen LogP contribution in [0.4, 0.5) is 0 Å². The average molecular weight is 646 g/mol. The molecule has 2 heterocycles. The SMILES string of the molecule is CCOC(=O)C1(Sc2ccnc3ccc(O)cc23)CCC1.CCOC(=O)C1(Sc2ccnc3ccc(OCC#N)cc23)CCC1. The highest BCUT2D eigenvalue weighted by atomic mass is 32.2. The van der Waals surface area contributed by atoms with Gasteiger partial charge in [-0.15, -0.1) is 23.5 Å². The smallest absolute Gasteiger partial charge is 0.322 e. The summed E-state index contributed by atoms with van der Waals surface area (Å²) >= 11 is 3.09. The van der Waals surface area contributed by atoms with Gasteiger partial charge in [0.25, 0.3) is 0 Å². The second-order valence-corrected chi connectivity index (χ2v) is 13.6. The Kier molecular flexibility index (Phi) is 10.4. The van der Waals surface area contributed by atoms with E-state index in [0.29, 0.717) is 19.0 Å². The number of aromatic nitrogens is 2. The average Bonchev–Trinajstić information content (AvgIpc) is 3.00. The number of nitrogens with zero attached hydrogens (tertiary/aromatic N) is 3.